The zero-order valence-corrected chi connectivity index (χ0v) is 13.5. The Hall–Kier alpha value is -1.81. The van der Waals surface area contributed by atoms with Gasteiger partial charge in [-0.3, -0.25) is 4.79 Å². The fourth-order valence-electron chi connectivity index (χ4n) is 2.75. The molecule has 0 saturated heterocycles. The largest absolute Gasteiger partial charge is 0.398 e. The summed E-state index contributed by atoms with van der Waals surface area (Å²) in [7, 11) is 0. The SMILES string of the molecule is Cc1ccc(Br)c(C(=O)N2CCc3cccc(N)c3C2)c1. The van der Waals surface area contributed by atoms with Crippen LogP contribution in [-0.4, -0.2) is 17.4 Å². The van der Waals surface area contributed by atoms with Crippen LogP contribution in [0.2, 0.25) is 0 Å². The Morgan fingerprint density at radius 2 is 2.10 bits per heavy atom. The molecule has 3 rings (SSSR count). The average molecular weight is 345 g/mol. The Kier molecular flexibility index (Phi) is 3.72. The molecule has 3 nitrogen and oxygen atoms in total. The normalized spacial score (nSPS) is 13.9. The van der Waals surface area contributed by atoms with Gasteiger partial charge in [-0.05, 0) is 58.6 Å². The predicted molar refractivity (Wildman–Crippen MR) is 88.2 cm³/mol. The Labute approximate surface area is 132 Å². The van der Waals surface area contributed by atoms with E-state index in [9.17, 15) is 4.79 Å². The number of anilines is 1. The highest BCUT2D eigenvalue weighted by atomic mass is 79.9. The summed E-state index contributed by atoms with van der Waals surface area (Å²) in [6.45, 7) is 3.31. The lowest BCUT2D eigenvalue weighted by Crippen LogP contribution is -2.36. The summed E-state index contributed by atoms with van der Waals surface area (Å²) in [4.78, 5) is 14.6. The minimum atomic E-state index is 0.0551. The first kappa shape index (κ1) is 14.1. The molecule has 1 heterocycles. The smallest absolute Gasteiger partial charge is 0.255 e. The van der Waals surface area contributed by atoms with Gasteiger partial charge in [-0.2, -0.15) is 0 Å². The molecule has 2 aromatic carbocycles. The molecule has 0 radical (unpaired) electrons. The predicted octanol–water partition coefficient (Wildman–Crippen LogP) is 3.54. The van der Waals surface area contributed by atoms with Crippen molar-refractivity contribution >= 4 is 27.5 Å². The van der Waals surface area contributed by atoms with Crippen LogP contribution in [0.15, 0.2) is 40.9 Å². The lowest BCUT2D eigenvalue weighted by molar-refractivity contribution is 0.0734. The van der Waals surface area contributed by atoms with Crippen LogP contribution in [0.1, 0.15) is 27.0 Å². The second-order valence-corrected chi connectivity index (χ2v) is 6.30. The number of nitrogen functional groups attached to an aromatic ring is 1. The number of carbonyl (C=O) groups is 1. The number of fused-ring (bicyclic) bond motifs is 1. The molecule has 1 aliphatic rings. The standard InChI is InChI=1S/C17H17BrN2O/c1-11-5-6-15(18)13(9-11)17(21)20-8-7-12-3-2-4-16(19)14(12)10-20/h2-6,9H,7-8,10,19H2,1H3. The second kappa shape index (κ2) is 5.53. The maximum absolute atomic E-state index is 12.7. The molecule has 0 aliphatic carbocycles. The van der Waals surface area contributed by atoms with E-state index in [-0.39, 0.29) is 5.91 Å². The van der Waals surface area contributed by atoms with Gasteiger partial charge in [-0.25, -0.2) is 0 Å². The van der Waals surface area contributed by atoms with Crippen LogP contribution in [0.4, 0.5) is 5.69 Å². The second-order valence-electron chi connectivity index (χ2n) is 5.44. The highest BCUT2D eigenvalue weighted by molar-refractivity contribution is 9.10. The molecule has 2 aromatic rings. The molecule has 21 heavy (non-hydrogen) atoms. The van der Waals surface area contributed by atoms with Gasteiger partial charge in [0.1, 0.15) is 0 Å². The number of hydrogen-bond donors (Lipinski definition) is 1. The van der Waals surface area contributed by atoms with Gasteiger partial charge in [0.15, 0.2) is 0 Å². The fourth-order valence-corrected chi connectivity index (χ4v) is 3.17. The first-order valence-electron chi connectivity index (χ1n) is 6.98. The maximum Gasteiger partial charge on any atom is 0.255 e. The van der Waals surface area contributed by atoms with Crippen LogP contribution in [0, 0.1) is 6.92 Å². The number of halogens is 1. The third-order valence-electron chi connectivity index (χ3n) is 3.95. The van der Waals surface area contributed by atoms with E-state index in [0.29, 0.717) is 12.1 Å². The van der Waals surface area contributed by atoms with Gasteiger partial charge in [0.2, 0.25) is 0 Å². The molecule has 1 aliphatic heterocycles. The van der Waals surface area contributed by atoms with Crippen LogP contribution in [-0.2, 0) is 13.0 Å². The van der Waals surface area contributed by atoms with Crippen molar-refractivity contribution in [1.82, 2.24) is 4.90 Å². The van der Waals surface area contributed by atoms with Crippen LogP contribution < -0.4 is 5.73 Å². The molecule has 0 atom stereocenters. The van der Waals surface area contributed by atoms with E-state index in [2.05, 4.69) is 22.0 Å². The van der Waals surface area contributed by atoms with Crippen molar-refractivity contribution in [2.45, 2.75) is 19.9 Å². The number of nitrogens with zero attached hydrogens (tertiary/aromatic N) is 1. The summed E-state index contributed by atoms with van der Waals surface area (Å²) >= 11 is 3.47. The highest BCUT2D eigenvalue weighted by Gasteiger charge is 2.24. The Morgan fingerprint density at radius 3 is 2.90 bits per heavy atom. The Bertz CT molecular complexity index is 712. The topological polar surface area (TPSA) is 46.3 Å². The molecular formula is C17H17BrN2O. The Morgan fingerprint density at radius 1 is 1.29 bits per heavy atom. The third-order valence-corrected chi connectivity index (χ3v) is 4.64. The van der Waals surface area contributed by atoms with Gasteiger partial charge < -0.3 is 10.6 Å². The fraction of sp³-hybridized carbons (Fsp3) is 0.235. The minimum absolute atomic E-state index is 0.0551. The quantitative estimate of drug-likeness (QED) is 0.804. The van der Waals surface area contributed by atoms with Crippen LogP contribution in [0.3, 0.4) is 0 Å². The number of rotatable bonds is 1. The molecule has 1 amide bonds. The summed E-state index contributed by atoms with van der Waals surface area (Å²) in [5.41, 5.74) is 11.0. The van der Waals surface area contributed by atoms with Crippen molar-refractivity contribution in [3.05, 3.63) is 63.1 Å². The first-order valence-corrected chi connectivity index (χ1v) is 7.77. The summed E-state index contributed by atoms with van der Waals surface area (Å²) in [5, 5.41) is 0. The van der Waals surface area contributed by atoms with Crippen LogP contribution in [0.5, 0.6) is 0 Å². The van der Waals surface area contributed by atoms with Gasteiger partial charge in [0.25, 0.3) is 5.91 Å². The number of hydrogen-bond acceptors (Lipinski definition) is 2. The molecule has 0 spiro atoms. The Balaban J connectivity index is 1.91. The van der Waals surface area contributed by atoms with Gasteiger partial charge in [-0.1, -0.05) is 23.8 Å². The van der Waals surface area contributed by atoms with E-state index in [1.54, 1.807) is 0 Å². The van der Waals surface area contributed by atoms with Crippen molar-refractivity contribution in [2.75, 3.05) is 12.3 Å². The van der Waals surface area contributed by atoms with Gasteiger partial charge in [0, 0.05) is 23.2 Å². The van der Waals surface area contributed by atoms with Crippen molar-refractivity contribution in [2.24, 2.45) is 0 Å². The van der Waals surface area contributed by atoms with Gasteiger partial charge in [-0.15, -0.1) is 0 Å². The van der Waals surface area contributed by atoms with E-state index >= 15 is 0 Å². The molecular weight excluding hydrogens is 328 g/mol. The highest BCUT2D eigenvalue weighted by Crippen LogP contribution is 2.27. The summed E-state index contributed by atoms with van der Waals surface area (Å²) in [6.07, 6.45) is 0.857. The average Bonchev–Trinajstić information content (AvgIpc) is 2.49. The molecule has 0 aromatic heterocycles. The molecule has 108 valence electrons. The van der Waals surface area contributed by atoms with Crippen molar-refractivity contribution in [1.29, 1.82) is 0 Å². The summed E-state index contributed by atoms with van der Waals surface area (Å²) in [6, 6.07) is 11.8. The zero-order valence-electron chi connectivity index (χ0n) is 11.9. The van der Waals surface area contributed by atoms with Crippen molar-refractivity contribution in [3.8, 4) is 0 Å². The summed E-state index contributed by atoms with van der Waals surface area (Å²) in [5.74, 6) is 0.0551. The molecule has 0 saturated carbocycles. The van der Waals surface area contributed by atoms with Crippen molar-refractivity contribution in [3.63, 3.8) is 0 Å². The number of nitrogens with two attached hydrogens (primary N) is 1. The number of amides is 1. The maximum atomic E-state index is 12.7. The zero-order chi connectivity index (χ0) is 15.0. The lowest BCUT2D eigenvalue weighted by atomic mass is 9.97. The van der Waals surface area contributed by atoms with Crippen molar-refractivity contribution < 1.29 is 4.79 Å². The van der Waals surface area contributed by atoms with E-state index in [1.807, 2.05) is 42.2 Å². The van der Waals surface area contributed by atoms with E-state index < -0.39 is 0 Å². The third kappa shape index (κ3) is 2.68. The van der Waals surface area contributed by atoms with E-state index in [4.69, 9.17) is 5.73 Å². The monoisotopic (exact) mass is 344 g/mol. The first-order chi connectivity index (χ1) is 10.1. The molecule has 0 bridgehead atoms. The number of carbonyl (C=O) groups excluding carboxylic acids is 1. The van der Waals surface area contributed by atoms with Gasteiger partial charge >= 0.3 is 0 Å². The summed E-state index contributed by atoms with van der Waals surface area (Å²) < 4.78 is 0.838. The lowest BCUT2D eigenvalue weighted by Gasteiger charge is -2.30. The van der Waals surface area contributed by atoms with E-state index in [0.717, 1.165) is 34.3 Å². The van der Waals surface area contributed by atoms with Crippen LogP contribution >= 0.6 is 15.9 Å². The molecule has 4 heteroatoms. The molecule has 0 unspecified atom stereocenters. The molecule has 0 fully saturated rings. The van der Waals surface area contributed by atoms with Gasteiger partial charge in [0.05, 0.1) is 5.56 Å². The minimum Gasteiger partial charge on any atom is -0.398 e. The number of benzene rings is 2. The number of aryl methyl sites for hydroxylation is 1. The van der Waals surface area contributed by atoms with E-state index in [1.165, 1.54) is 5.56 Å². The van der Waals surface area contributed by atoms with Crippen LogP contribution in [0.25, 0.3) is 0 Å². The molecule has 2 N–H and O–H groups in total.